The van der Waals surface area contributed by atoms with Crippen LogP contribution in [-0.2, 0) is 14.3 Å². The van der Waals surface area contributed by atoms with Gasteiger partial charge in [-0.1, -0.05) is 0 Å². The topological polar surface area (TPSA) is 38.8 Å². The number of likely N-dealkylation sites (N-methyl/N-ethyl adjacent to an activating group) is 1. The molecular formula is C12H23NO3. The Labute approximate surface area is 97.9 Å². The van der Waals surface area contributed by atoms with Crippen LogP contribution in [0.3, 0.4) is 0 Å². The van der Waals surface area contributed by atoms with Crippen LogP contribution in [-0.4, -0.2) is 49.3 Å². The standard InChI is InChI=1S/C12H23NO3/c1-12(2,3)16-9-11(14)13(4)8-10-6-5-7-15-10/h10H,5-9H2,1-4H3. The van der Waals surface area contributed by atoms with E-state index in [-0.39, 0.29) is 24.2 Å². The number of hydrogen-bond donors (Lipinski definition) is 0. The quantitative estimate of drug-likeness (QED) is 0.732. The number of nitrogens with zero attached hydrogens (tertiary/aromatic N) is 1. The number of rotatable bonds is 4. The van der Waals surface area contributed by atoms with E-state index in [1.807, 2.05) is 20.8 Å². The van der Waals surface area contributed by atoms with Crippen LogP contribution in [0.15, 0.2) is 0 Å². The summed E-state index contributed by atoms with van der Waals surface area (Å²) in [6.07, 6.45) is 2.37. The second-order valence-corrected chi connectivity index (χ2v) is 5.31. The Morgan fingerprint density at radius 1 is 1.50 bits per heavy atom. The van der Waals surface area contributed by atoms with Gasteiger partial charge in [-0.25, -0.2) is 0 Å². The molecule has 0 aliphatic carbocycles. The number of hydrogen-bond acceptors (Lipinski definition) is 3. The molecule has 1 heterocycles. The van der Waals surface area contributed by atoms with Gasteiger partial charge in [-0.15, -0.1) is 0 Å². The van der Waals surface area contributed by atoms with Crippen molar-refractivity contribution in [2.75, 3.05) is 26.8 Å². The minimum atomic E-state index is -0.264. The Morgan fingerprint density at radius 2 is 2.19 bits per heavy atom. The van der Waals surface area contributed by atoms with E-state index in [1.54, 1.807) is 11.9 Å². The lowest BCUT2D eigenvalue weighted by atomic mass is 10.2. The van der Waals surface area contributed by atoms with Gasteiger partial charge >= 0.3 is 0 Å². The molecule has 1 atom stereocenters. The van der Waals surface area contributed by atoms with Crippen LogP contribution in [0.25, 0.3) is 0 Å². The molecule has 0 N–H and O–H groups in total. The van der Waals surface area contributed by atoms with E-state index in [2.05, 4.69) is 0 Å². The zero-order valence-electron chi connectivity index (χ0n) is 10.8. The Bertz CT molecular complexity index is 229. The molecule has 94 valence electrons. The predicted octanol–water partition coefficient (Wildman–Crippen LogP) is 1.44. The fourth-order valence-electron chi connectivity index (χ4n) is 1.58. The molecule has 0 aromatic heterocycles. The Balaban J connectivity index is 2.24. The molecule has 0 saturated carbocycles. The molecule has 4 heteroatoms. The Morgan fingerprint density at radius 3 is 2.69 bits per heavy atom. The summed E-state index contributed by atoms with van der Waals surface area (Å²) in [6.45, 7) is 7.48. The highest BCUT2D eigenvalue weighted by Gasteiger charge is 2.21. The van der Waals surface area contributed by atoms with Gasteiger partial charge in [0, 0.05) is 20.2 Å². The monoisotopic (exact) mass is 229 g/mol. The first-order valence-corrected chi connectivity index (χ1v) is 5.88. The predicted molar refractivity (Wildman–Crippen MR) is 62.3 cm³/mol. The fraction of sp³-hybridized carbons (Fsp3) is 0.917. The summed E-state index contributed by atoms with van der Waals surface area (Å²) in [5.74, 6) is 0.0189. The van der Waals surface area contributed by atoms with Crippen molar-refractivity contribution in [2.45, 2.75) is 45.3 Å². The third kappa shape index (κ3) is 4.94. The van der Waals surface area contributed by atoms with E-state index in [0.717, 1.165) is 19.4 Å². The van der Waals surface area contributed by atoms with Gasteiger partial charge in [0.1, 0.15) is 6.61 Å². The van der Waals surface area contributed by atoms with Crippen LogP contribution >= 0.6 is 0 Å². The van der Waals surface area contributed by atoms with E-state index in [0.29, 0.717) is 6.54 Å². The van der Waals surface area contributed by atoms with E-state index in [1.165, 1.54) is 0 Å². The van der Waals surface area contributed by atoms with E-state index in [4.69, 9.17) is 9.47 Å². The first-order valence-electron chi connectivity index (χ1n) is 5.88. The first kappa shape index (κ1) is 13.5. The summed E-state index contributed by atoms with van der Waals surface area (Å²) < 4.78 is 10.9. The SMILES string of the molecule is CN(CC1CCCO1)C(=O)COC(C)(C)C. The van der Waals surface area contributed by atoms with E-state index < -0.39 is 0 Å². The minimum Gasteiger partial charge on any atom is -0.376 e. The van der Waals surface area contributed by atoms with Crippen LogP contribution in [0.5, 0.6) is 0 Å². The maximum atomic E-state index is 11.7. The normalized spacial score (nSPS) is 21.1. The molecule has 1 amide bonds. The smallest absolute Gasteiger partial charge is 0.248 e. The molecular weight excluding hydrogens is 206 g/mol. The molecule has 4 nitrogen and oxygen atoms in total. The van der Waals surface area contributed by atoms with Gasteiger partial charge < -0.3 is 14.4 Å². The van der Waals surface area contributed by atoms with Crippen LogP contribution in [0.2, 0.25) is 0 Å². The summed E-state index contributed by atoms with van der Waals surface area (Å²) in [6, 6.07) is 0. The molecule has 0 aromatic rings. The highest BCUT2D eigenvalue weighted by Crippen LogP contribution is 2.13. The lowest BCUT2D eigenvalue weighted by Gasteiger charge is -2.24. The van der Waals surface area contributed by atoms with Crippen LogP contribution in [0, 0.1) is 0 Å². The molecule has 1 unspecified atom stereocenters. The van der Waals surface area contributed by atoms with Crippen LogP contribution in [0.1, 0.15) is 33.6 Å². The van der Waals surface area contributed by atoms with Gasteiger partial charge in [0.15, 0.2) is 0 Å². The fourth-order valence-corrected chi connectivity index (χ4v) is 1.58. The third-order valence-corrected chi connectivity index (χ3v) is 2.56. The lowest BCUT2D eigenvalue weighted by molar-refractivity contribution is -0.141. The maximum absolute atomic E-state index is 11.7. The lowest BCUT2D eigenvalue weighted by Crippen LogP contribution is -2.38. The molecule has 0 radical (unpaired) electrons. The maximum Gasteiger partial charge on any atom is 0.248 e. The van der Waals surface area contributed by atoms with E-state index in [9.17, 15) is 4.79 Å². The summed E-state index contributed by atoms with van der Waals surface area (Å²) in [7, 11) is 1.80. The highest BCUT2D eigenvalue weighted by atomic mass is 16.5. The molecule has 1 aliphatic rings. The molecule has 16 heavy (non-hydrogen) atoms. The van der Waals surface area contributed by atoms with Crippen molar-refractivity contribution in [3.05, 3.63) is 0 Å². The number of ether oxygens (including phenoxy) is 2. The third-order valence-electron chi connectivity index (χ3n) is 2.56. The first-order chi connectivity index (χ1) is 7.38. The molecule has 1 saturated heterocycles. The van der Waals surface area contributed by atoms with Crippen molar-refractivity contribution < 1.29 is 14.3 Å². The molecule has 0 aromatic carbocycles. The average Bonchev–Trinajstić information content (AvgIpc) is 2.65. The average molecular weight is 229 g/mol. The summed E-state index contributed by atoms with van der Waals surface area (Å²) in [4.78, 5) is 13.4. The Hall–Kier alpha value is -0.610. The highest BCUT2D eigenvalue weighted by molar-refractivity contribution is 5.77. The largest absolute Gasteiger partial charge is 0.376 e. The zero-order valence-corrected chi connectivity index (χ0v) is 10.8. The van der Waals surface area contributed by atoms with Crippen molar-refractivity contribution >= 4 is 5.91 Å². The number of amides is 1. The van der Waals surface area contributed by atoms with Crippen molar-refractivity contribution in [1.82, 2.24) is 4.90 Å². The van der Waals surface area contributed by atoms with Crippen LogP contribution in [0.4, 0.5) is 0 Å². The second-order valence-electron chi connectivity index (χ2n) is 5.31. The van der Waals surface area contributed by atoms with Gasteiger partial charge in [-0.3, -0.25) is 4.79 Å². The van der Waals surface area contributed by atoms with Crippen molar-refractivity contribution in [2.24, 2.45) is 0 Å². The number of carbonyl (C=O) groups is 1. The second kappa shape index (κ2) is 5.64. The van der Waals surface area contributed by atoms with Gasteiger partial charge in [0.25, 0.3) is 0 Å². The van der Waals surface area contributed by atoms with Crippen molar-refractivity contribution in [1.29, 1.82) is 0 Å². The number of carbonyl (C=O) groups excluding carboxylic acids is 1. The molecule has 1 rings (SSSR count). The molecule has 1 aliphatic heterocycles. The summed E-state index contributed by atoms with van der Waals surface area (Å²) >= 11 is 0. The minimum absolute atomic E-state index is 0.0189. The molecule has 0 spiro atoms. The van der Waals surface area contributed by atoms with E-state index >= 15 is 0 Å². The van der Waals surface area contributed by atoms with Crippen LogP contribution < -0.4 is 0 Å². The summed E-state index contributed by atoms with van der Waals surface area (Å²) in [5, 5.41) is 0. The molecule has 1 fully saturated rings. The molecule has 0 bridgehead atoms. The summed E-state index contributed by atoms with van der Waals surface area (Å²) in [5.41, 5.74) is -0.264. The van der Waals surface area contributed by atoms with Gasteiger partial charge in [0.2, 0.25) is 5.91 Å². The van der Waals surface area contributed by atoms with Crippen molar-refractivity contribution in [3.63, 3.8) is 0 Å². The zero-order chi connectivity index (χ0) is 12.2. The van der Waals surface area contributed by atoms with Gasteiger partial charge in [-0.05, 0) is 33.6 Å². The Kier molecular flexibility index (Phi) is 4.74. The van der Waals surface area contributed by atoms with Gasteiger partial charge in [0.05, 0.1) is 11.7 Å². The van der Waals surface area contributed by atoms with Gasteiger partial charge in [-0.2, -0.15) is 0 Å². The van der Waals surface area contributed by atoms with Crippen molar-refractivity contribution in [3.8, 4) is 0 Å².